The first kappa shape index (κ1) is 18.7. The molecule has 0 amide bonds. The topological polar surface area (TPSA) is 39.7 Å². The van der Waals surface area contributed by atoms with Crippen LogP contribution in [0.5, 0.6) is 0 Å². The molecule has 1 saturated heterocycles. The number of aliphatic imine (C=N–C) groups is 1. The molecule has 2 N–H and O–H groups in total. The van der Waals surface area contributed by atoms with Crippen molar-refractivity contribution >= 4 is 5.96 Å². The first-order valence-corrected chi connectivity index (χ1v) is 9.27. The Hall–Kier alpha value is -1.62. The quantitative estimate of drug-likeness (QED) is 0.414. The summed E-state index contributed by atoms with van der Waals surface area (Å²) in [4.78, 5) is 7.18. The molecule has 0 unspecified atom stereocenters. The highest BCUT2D eigenvalue weighted by molar-refractivity contribution is 5.79. The number of unbranched alkanes of at least 4 members (excludes halogenated alkanes) is 1. The van der Waals surface area contributed by atoms with Gasteiger partial charge < -0.3 is 15.5 Å². The molecule has 1 aromatic carbocycles. The number of benzene rings is 1. The minimum absolute atomic E-state index is 0.175. The molecule has 134 valence electrons. The second-order valence-corrected chi connectivity index (χ2v) is 6.32. The third-order valence-electron chi connectivity index (χ3n) is 4.29. The van der Waals surface area contributed by atoms with E-state index in [1.807, 2.05) is 6.07 Å². The van der Waals surface area contributed by atoms with Gasteiger partial charge in [0.1, 0.15) is 5.82 Å². The smallest absolute Gasteiger partial charge is 0.191 e. The van der Waals surface area contributed by atoms with Gasteiger partial charge in [-0.3, -0.25) is 4.99 Å². The van der Waals surface area contributed by atoms with Gasteiger partial charge in [0.15, 0.2) is 5.96 Å². The van der Waals surface area contributed by atoms with Gasteiger partial charge in [-0.15, -0.1) is 0 Å². The summed E-state index contributed by atoms with van der Waals surface area (Å²) in [6.07, 6.45) is 5.84. The fraction of sp³-hybridized carbons (Fsp3) is 0.632. The molecule has 24 heavy (non-hydrogen) atoms. The Morgan fingerprint density at radius 1 is 1.21 bits per heavy atom. The Morgan fingerprint density at radius 2 is 2.04 bits per heavy atom. The molecule has 5 heteroatoms. The monoisotopic (exact) mass is 334 g/mol. The van der Waals surface area contributed by atoms with Crippen LogP contribution in [0, 0.1) is 5.82 Å². The zero-order valence-electron chi connectivity index (χ0n) is 14.9. The highest BCUT2D eigenvalue weighted by Gasteiger charge is 2.09. The summed E-state index contributed by atoms with van der Waals surface area (Å²) >= 11 is 0. The molecule has 1 aliphatic heterocycles. The third kappa shape index (κ3) is 7.30. The predicted octanol–water partition coefficient (Wildman–Crippen LogP) is 2.80. The van der Waals surface area contributed by atoms with E-state index >= 15 is 0 Å². The van der Waals surface area contributed by atoms with Crippen LogP contribution in [0.3, 0.4) is 0 Å². The van der Waals surface area contributed by atoms with Crippen LogP contribution in [0.25, 0.3) is 0 Å². The zero-order chi connectivity index (χ0) is 17.0. The standard InChI is InChI=1S/C19H31FN4/c1-2-21-19(22-11-3-4-13-24-14-5-6-15-24)23-12-10-17-8-7-9-18(20)16-17/h7-9,16H,2-6,10-15H2,1H3,(H2,21,22,23). The maximum atomic E-state index is 13.2. The molecule has 0 bridgehead atoms. The van der Waals surface area contributed by atoms with Crippen LogP contribution in [-0.4, -0.2) is 50.1 Å². The van der Waals surface area contributed by atoms with E-state index < -0.39 is 0 Å². The second-order valence-electron chi connectivity index (χ2n) is 6.32. The van der Waals surface area contributed by atoms with Gasteiger partial charge in [-0.1, -0.05) is 12.1 Å². The highest BCUT2D eigenvalue weighted by Crippen LogP contribution is 2.08. The average Bonchev–Trinajstić information content (AvgIpc) is 3.08. The maximum absolute atomic E-state index is 13.2. The van der Waals surface area contributed by atoms with E-state index in [1.54, 1.807) is 12.1 Å². The average molecular weight is 334 g/mol. The fourth-order valence-corrected chi connectivity index (χ4v) is 3.00. The summed E-state index contributed by atoms with van der Waals surface area (Å²) < 4.78 is 13.2. The van der Waals surface area contributed by atoms with Crippen molar-refractivity contribution < 1.29 is 4.39 Å². The minimum Gasteiger partial charge on any atom is -0.357 e. The van der Waals surface area contributed by atoms with Gasteiger partial charge >= 0.3 is 0 Å². The fourth-order valence-electron chi connectivity index (χ4n) is 3.00. The predicted molar refractivity (Wildman–Crippen MR) is 99.0 cm³/mol. The molecule has 1 aliphatic rings. The van der Waals surface area contributed by atoms with Crippen LogP contribution < -0.4 is 10.6 Å². The summed E-state index contributed by atoms with van der Waals surface area (Å²) in [5.74, 6) is 0.682. The second kappa shape index (κ2) is 11.0. The van der Waals surface area contributed by atoms with E-state index in [0.717, 1.165) is 44.0 Å². The Labute approximate surface area is 145 Å². The van der Waals surface area contributed by atoms with Crippen LogP contribution in [0.4, 0.5) is 4.39 Å². The summed E-state index contributed by atoms with van der Waals surface area (Å²) in [5, 5.41) is 6.59. The molecule has 0 radical (unpaired) electrons. The lowest BCUT2D eigenvalue weighted by atomic mass is 10.1. The van der Waals surface area contributed by atoms with Crippen LogP contribution >= 0.6 is 0 Å². The van der Waals surface area contributed by atoms with Crippen molar-refractivity contribution in [2.24, 2.45) is 4.99 Å². The van der Waals surface area contributed by atoms with E-state index in [1.165, 1.54) is 45.0 Å². The van der Waals surface area contributed by atoms with Crippen molar-refractivity contribution in [3.63, 3.8) is 0 Å². The SMILES string of the molecule is CCNC(=NCCCCN1CCCC1)NCCc1cccc(F)c1. The Kier molecular flexibility index (Phi) is 8.60. The first-order chi connectivity index (χ1) is 11.8. The molecular weight excluding hydrogens is 303 g/mol. The number of hydrogen-bond donors (Lipinski definition) is 2. The Morgan fingerprint density at radius 3 is 2.79 bits per heavy atom. The third-order valence-corrected chi connectivity index (χ3v) is 4.29. The lowest BCUT2D eigenvalue weighted by molar-refractivity contribution is 0.331. The van der Waals surface area contributed by atoms with E-state index in [-0.39, 0.29) is 5.82 Å². The molecule has 0 atom stereocenters. The highest BCUT2D eigenvalue weighted by atomic mass is 19.1. The van der Waals surface area contributed by atoms with Crippen LogP contribution in [0.1, 0.15) is 38.2 Å². The van der Waals surface area contributed by atoms with Crippen molar-refractivity contribution in [3.8, 4) is 0 Å². The van der Waals surface area contributed by atoms with Crippen LogP contribution in [0.2, 0.25) is 0 Å². The molecule has 4 nitrogen and oxygen atoms in total. The molecule has 0 aromatic heterocycles. The lowest BCUT2D eigenvalue weighted by Crippen LogP contribution is -2.38. The van der Waals surface area contributed by atoms with E-state index in [4.69, 9.17) is 0 Å². The molecule has 0 saturated carbocycles. The normalized spacial score (nSPS) is 15.7. The largest absolute Gasteiger partial charge is 0.357 e. The van der Waals surface area contributed by atoms with Crippen LogP contribution in [-0.2, 0) is 6.42 Å². The zero-order valence-corrected chi connectivity index (χ0v) is 14.9. The van der Waals surface area contributed by atoms with Gasteiger partial charge in [0.05, 0.1) is 0 Å². The number of halogens is 1. The number of likely N-dealkylation sites (tertiary alicyclic amines) is 1. The number of guanidine groups is 1. The molecule has 1 heterocycles. The minimum atomic E-state index is -0.175. The maximum Gasteiger partial charge on any atom is 0.191 e. The van der Waals surface area contributed by atoms with Crippen LogP contribution in [0.15, 0.2) is 29.3 Å². The molecular formula is C19H31FN4. The van der Waals surface area contributed by atoms with E-state index in [9.17, 15) is 4.39 Å². The Balaban J connectivity index is 1.64. The van der Waals surface area contributed by atoms with Gasteiger partial charge in [0, 0.05) is 19.6 Å². The van der Waals surface area contributed by atoms with E-state index in [2.05, 4.69) is 27.4 Å². The Bertz CT molecular complexity index is 498. The molecule has 1 fully saturated rings. The molecule has 0 aliphatic carbocycles. The summed E-state index contributed by atoms with van der Waals surface area (Å²) in [7, 11) is 0. The van der Waals surface area contributed by atoms with Crippen molar-refractivity contribution in [1.82, 2.24) is 15.5 Å². The van der Waals surface area contributed by atoms with Crippen molar-refractivity contribution in [2.75, 3.05) is 39.3 Å². The summed E-state index contributed by atoms with van der Waals surface area (Å²) in [5.41, 5.74) is 1.00. The van der Waals surface area contributed by atoms with Gasteiger partial charge in [0.25, 0.3) is 0 Å². The van der Waals surface area contributed by atoms with Gasteiger partial charge in [-0.25, -0.2) is 4.39 Å². The van der Waals surface area contributed by atoms with Gasteiger partial charge in [-0.05, 0) is 76.4 Å². The molecule has 2 rings (SSSR count). The van der Waals surface area contributed by atoms with Gasteiger partial charge in [-0.2, -0.15) is 0 Å². The molecule has 0 spiro atoms. The van der Waals surface area contributed by atoms with E-state index in [0.29, 0.717) is 0 Å². The number of nitrogens with zero attached hydrogens (tertiary/aromatic N) is 2. The first-order valence-electron chi connectivity index (χ1n) is 9.27. The number of hydrogen-bond acceptors (Lipinski definition) is 2. The van der Waals surface area contributed by atoms with Crippen molar-refractivity contribution in [3.05, 3.63) is 35.6 Å². The number of rotatable bonds is 9. The summed E-state index contributed by atoms with van der Waals surface area (Å²) in [6, 6.07) is 6.77. The van der Waals surface area contributed by atoms with Gasteiger partial charge in [0.2, 0.25) is 0 Å². The summed E-state index contributed by atoms with van der Waals surface area (Å²) in [6.45, 7) is 8.27. The number of nitrogens with one attached hydrogen (secondary N) is 2. The molecule has 1 aromatic rings. The van der Waals surface area contributed by atoms with Crippen molar-refractivity contribution in [1.29, 1.82) is 0 Å². The van der Waals surface area contributed by atoms with Crippen molar-refractivity contribution in [2.45, 2.75) is 39.0 Å². The lowest BCUT2D eigenvalue weighted by Gasteiger charge is -2.14.